The van der Waals surface area contributed by atoms with Gasteiger partial charge in [-0.15, -0.1) is 0 Å². The van der Waals surface area contributed by atoms with Crippen molar-refractivity contribution in [3.63, 3.8) is 0 Å². The number of hydrogen-bond donors (Lipinski definition) is 2. The largest absolute Gasteiger partial charge is 0.387 e. The van der Waals surface area contributed by atoms with Crippen molar-refractivity contribution < 1.29 is 0 Å². The van der Waals surface area contributed by atoms with Gasteiger partial charge in [0, 0.05) is 28.2 Å². The molecule has 2 rings (SSSR count). The normalized spacial score (nSPS) is 12.1. The molecule has 0 aliphatic carbocycles. The van der Waals surface area contributed by atoms with Crippen LogP contribution in [0.4, 0.5) is 5.69 Å². The summed E-state index contributed by atoms with van der Waals surface area (Å²) in [7, 11) is 0. The van der Waals surface area contributed by atoms with E-state index in [-0.39, 0.29) is 5.92 Å². The number of anilines is 1. The Balaban J connectivity index is 2.19. The number of aliphatic imine (C=N–C) groups is 1. The maximum atomic E-state index is 5.95. The third-order valence-corrected chi connectivity index (χ3v) is 3.06. The summed E-state index contributed by atoms with van der Waals surface area (Å²) in [6.45, 7) is 4.48. The Morgan fingerprint density at radius 1 is 1.42 bits per heavy atom. The van der Waals surface area contributed by atoms with Gasteiger partial charge in [0.2, 0.25) is 0 Å². The molecular weight excluding hydrogens is 260 g/mol. The van der Waals surface area contributed by atoms with Crippen LogP contribution in [-0.2, 0) is 0 Å². The molecule has 1 aromatic carbocycles. The number of rotatable bonds is 4. The van der Waals surface area contributed by atoms with Crippen LogP contribution in [0.5, 0.6) is 0 Å². The van der Waals surface area contributed by atoms with Crippen LogP contribution in [0.25, 0.3) is 10.9 Å². The average molecular weight is 277 g/mol. The predicted molar refractivity (Wildman–Crippen MR) is 81.7 cm³/mol. The van der Waals surface area contributed by atoms with Crippen LogP contribution in [0.2, 0.25) is 5.02 Å². The molecule has 0 unspecified atom stereocenters. The summed E-state index contributed by atoms with van der Waals surface area (Å²) in [6.07, 6.45) is 1.75. The van der Waals surface area contributed by atoms with Gasteiger partial charge in [-0.2, -0.15) is 0 Å². The van der Waals surface area contributed by atoms with E-state index in [2.05, 4.69) is 15.3 Å². The summed E-state index contributed by atoms with van der Waals surface area (Å²) >= 11 is 5.95. The molecule has 19 heavy (non-hydrogen) atoms. The molecule has 3 N–H and O–H groups in total. The van der Waals surface area contributed by atoms with Crippen LogP contribution in [-0.4, -0.2) is 17.5 Å². The van der Waals surface area contributed by atoms with Gasteiger partial charge in [0.05, 0.1) is 11.4 Å². The van der Waals surface area contributed by atoms with Crippen molar-refractivity contribution in [1.82, 2.24) is 4.98 Å². The lowest BCUT2D eigenvalue weighted by Crippen LogP contribution is -2.20. The summed E-state index contributed by atoms with van der Waals surface area (Å²) in [6, 6.07) is 7.55. The first-order valence-corrected chi connectivity index (χ1v) is 6.53. The van der Waals surface area contributed by atoms with Crippen molar-refractivity contribution in [2.24, 2.45) is 16.6 Å². The molecule has 0 saturated heterocycles. The standard InChI is InChI=1S/C14H17ClN4/c1-9(2)14(16)19-8-18-12-5-6-17-13-7-10(15)3-4-11(12)13/h3-7,9H,8H2,1-2H3,(H2,16,19)(H,17,18). The van der Waals surface area contributed by atoms with Crippen molar-refractivity contribution in [2.45, 2.75) is 13.8 Å². The molecule has 2 aromatic rings. The average Bonchev–Trinajstić information content (AvgIpc) is 2.38. The van der Waals surface area contributed by atoms with Crippen LogP contribution < -0.4 is 11.1 Å². The van der Waals surface area contributed by atoms with Gasteiger partial charge in [0.25, 0.3) is 0 Å². The molecule has 4 nitrogen and oxygen atoms in total. The third kappa shape index (κ3) is 3.35. The Kier molecular flexibility index (Phi) is 4.22. The number of nitrogens with one attached hydrogen (secondary N) is 1. The first-order chi connectivity index (χ1) is 9.08. The van der Waals surface area contributed by atoms with Gasteiger partial charge in [-0.3, -0.25) is 9.98 Å². The number of nitrogens with two attached hydrogens (primary N) is 1. The number of nitrogens with zero attached hydrogens (tertiary/aromatic N) is 2. The molecule has 100 valence electrons. The predicted octanol–water partition coefficient (Wildman–Crippen LogP) is 3.27. The Morgan fingerprint density at radius 3 is 2.95 bits per heavy atom. The Labute approximate surface area is 117 Å². The van der Waals surface area contributed by atoms with E-state index in [1.807, 2.05) is 38.1 Å². The van der Waals surface area contributed by atoms with Crippen molar-refractivity contribution in [1.29, 1.82) is 0 Å². The van der Waals surface area contributed by atoms with Crippen LogP contribution in [0.3, 0.4) is 0 Å². The van der Waals surface area contributed by atoms with E-state index in [0.717, 1.165) is 16.6 Å². The van der Waals surface area contributed by atoms with E-state index in [9.17, 15) is 0 Å². The molecule has 0 spiro atoms. The second-order valence-electron chi connectivity index (χ2n) is 4.59. The lowest BCUT2D eigenvalue weighted by atomic mass is 10.2. The summed E-state index contributed by atoms with van der Waals surface area (Å²) in [4.78, 5) is 8.57. The topological polar surface area (TPSA) is 63.3 Å². The van der Waals surface area contributed by atoms with Crippen molar-refractivity contribution in [3.8, 4) is 0 Å². The number of amidine groups is 1. The molecule has 0 saturated carbocycles. The molecule has 0 radical (unpaired) electrons. The summed E-state index contributed by atoms with van der Waals surface area (Å²) in [5, 5.41) is 4.94. The fourth-order valence-electron chi connectivity index (χ4n) is 1.67. The number of hydrogen-bond acceptors (Lipinski definition) is 3. The fraction of sp³-hybridized carbons (Fsp3) is 0.286. The zero-order valence-corrected chi connectivity index (χ0v) is 11.8. The number of pyridine rings is 1. The monoisotopic (exact) mass is 276 g/mol. The van der Waals surface area contributed by atoms with Gasteiger partial charge in [-0.1, -0.05) is 25.4 Å². The molecule has 5 heteroatoms. The minimum atomic E-state index is 0.259. The van der Waals surface area contributed by atoms with Crippen LogP contribution in [0, 0.1) is 5.92 Å². The minimum absolute atomic E-state index is 0.259. The second kappa shape index (κ2) is 5.89. The lowest BCUT2D eigenvalue weighted by molar-refractivity contribution is 0.861. The van der Waals surface area contributed by atoms with Gasteiger partial charge in [-0.05, 0) is 24.3 Å². The molecule has 0 fully saturated rings. The fourth-order valence-corrected chi connectivity index (χ4v) is 1.84. The molecule has 1 aromatic heterocycles. The van der Waals surface area contributed by atoms with Gasteiger partial charge in [-0.25, -0.2) is 0 Å². The van der Waals surface area contributed by atoms with E-state index in [1.165, 1.54) is 0 Å². The maximum Gasteiger partial charge on any atom is 0.109 e. The smallest absolute Gasteiger partial charge is 0.109 e. The Morgan fingerprint density at radius 2 is 2.21 bits per heavy atom. The van der Waals surface area contributed by atoms with E-state index in [4.69, 9.17) is 17.3 Å². The first-order valence-electron chi connectivity index (χ1n) is 6.16. The zero-order chi connectivity index (χ0) is 13.8. The van der Waals surface area contributed by atoms with E-state index >= 15 is 0 Å². The quantitative estimate of drug-likeness (QED) is 0.665. The van der Waals surface area contributed by atoms with Crippen molar-refractivity contribution >= 4 is 34.0 Å². The molecule has 1 heterocycles. The number of halogens is 1. The third-order valence-electron chi connectivity index (χ3n) is 2.83. The SMILES string of the molecule is CC(C)/C(N)=N/CNc1ccnc2cc(Cl)ccc12. The Bertz CT molecular complexity index is 607. The summed E-state index contributed by atoms with van der Waals surface area (Å²) in [5.74, 6) is 0.906. The maximum absolute atomic E-state index is 5.95. The molecule has 0 amide bonds. The number of benzene rings is 1. The Hall–Kier alpha value is -1.81. The lowest BCUT2D eigenvalue weighted by Gasteiger charge is -2.09. The highest BCUT2D eigenvalue weighted by Crippen LogP contribution is 2.24. The molecule has 0 aliphatic heterocycles. The van der Waals surface area contributed by atoms with Gasteiger partial charge < -0.3 is 11.1 Å². The van der Waals surface area contributed by atoms with Gasteiger partial charge >= 0.3 is 0 Å². The summed E-state index contributed by atoms with van der Waals surface area (Å²) < 4.78 is 0. The molecule has 0 atom stereocenters. The van der Waals surface area contributed by atoms with Crippen molar-refractivity contribution in [2.75, 3.05) is 12.0 Å². The minimum Gasteiger partial charge on any atom is -0.387 e. The van der Waals surface area contributed by atoms with Gasteiger partial charge in [0.1, 0.15) is 6.67 Å². The van der Waals surface area contributed by atoms with E-state index in [0.29, 0.717) is 17.5 Å². The van der Waals surface area contributed by atoms with E-state index < -0.39 is 0 Å². The molecular formula is C14H17ClN4. The van der Waals surface area contributed by atoms with Crippen LogP contribution >= 0.6 is 11.6 Å². The highest BCUT2D eigenvalue weighted by Gasteiger charge is 2.02. The zero-order valence-electron chi connectivity index (χ0n) is 11.0. The van der Waals surface area contributed by atoms with E-state index in [1.54, 1.807) is 6.20 Å². The number of aromatic nitrogens is 1. The van der Waals surface area contributed by atoms with Gasteiger partial charge in [0.15, 0.2) is 0 Å². The molecule has 0 bridgehead atoms. The number of fused-ring (bicyclic) bond motifs is 1. The van der Waals surface area contributed by atoms with Crippen LogP contribution in [0.1, 0.15) is 13.8 Å². The van der Waals surface area contributed by atoms with Crippen molar-refractivity contribution in [3.05, 3.63) is 35.5 Å². The molecule has 0 aliphatic rings. The van der Waals surface area contributed by atoms with Crippen LogP contribution in [0.15, 0.2) is 35.5 Å². The highest BCUT2D eigenvalue weighted by molar-refractivity contribution is 6.31. The first kappa shape index (κ1) is 13.6. The second-order valence-corrected chi connectivity index (χ2v) is 5.03. The summed E-state index contributed by atoms with van der Waals surface area (Å²) in [5.41, 5.74) is 7.63. The highest BCUT2D eigenvalue weighted by atomic mass is 35.5.